The van der Waals surface area contributed by atoms with Crippen LogP contribution in [0.4, 0.5) is 0 Å². The number of carbonyl (C=O) groups is 3. The lowest BCUT2D eigenvalue weighted by Gasteiger charge is -2.19. The summed E-state index contributed by atoms with van der Waals surface area (Å²) in [4.78, 5) is 34.5. The van der Waals surface area contributed by atoms with Gasteiger partial charge in [-0.1, -0.05) is 12.1 Å². The molecule has 0 aliphatic carbocycles. The Kier molecular flexibility index (Phi) is 5.08. The Morgan fingerprint density at radius 2 is 1.83 bits per heavy atom. The van der Waals surface area contributed by atoms with Crippen LogP contribution in [0.3, 0.4) is 0 Å². The zero-order chi connectivity index (χ0) is 13.7. The van der Waals surface area contributed by atoms with E-state index in [9.17, 15) is 14.4 Å². The molecule has 0 bridgehead atoms. The van der Waals surface area contributed by atoms with E-state index in [4.69, 9.17) is 10.8 Å². The highest BCUT2D eigenvalue weighted by atomic mass is 127. The van der Waals surface area contributed by atoms with Crippen LogP contribution in [0.1, 0.15) is 10.4 Å². The molecular formula is C11H11IN2O4. The number of carbonyl (C=O) groups excluding carboxylic acids is 2. The number of rotatable bonds is 5. The van der Waals surface area contributed by atoms with Crippen LogP contribution in [0, 0.1) is 3.57 Å². The Bertz CT molecular complexity index is 474. The molecule has 7 heteroatoms. The van der Waals surface area contributed by atoms with Gasteiger partial charge < -0.3 is 15.7 Å². The molecule has 0 aliphatic heterocycles. The number of nitrogens with zero attached hydrogens (tertiary/aromatic N) is 1. The van der Waals surface area contributed by atoms with Gasteiger partial charge >= 0.3 is 5.97 Å². The molecule has 96 valence electrons. The Hall–Kier alpha value is -1.64. The molecule has 0 aliphatic rings. The van der Waals surface area contributed by atoms with Crippen molar-refractivity contribution in [3.8, 4) is 0 Å². The van der Waals surface area contributed by atoms with Gasteiger partial charge in [0.2, 0.25) is 5.91 Å². The van der Waals surface area contributed by atoms with Crippen LogP contribution in [0.25, 0.3) is 0 Å². The standard InChI is InChI=1S/C11H11IN2O4/c12-8-4-2-1-3-7(8)11(18)14(5-9(13)15)6-10(16)17/h1-4H,5-6H2,(H2,13,15)(H,16,17). The van der Waals surface area contributed by atoms with E-state index in [1.165, 1.54) is 0 Å². The van der Waals surface area contributed by atoms with Crippen molar-refractivity contribution in [3.05, 3.63) is 33.4 Å². The number of carboxylic acid groups (broad SMARTS) is 1. The molecule has 1 aromatic carbocycles. The highest BCUT2D eigenvalue weighted by Gasteiger charge is 2.21. The number of hydrogen-bond acceptors (Lipinski definition) is 3. The Morgan fingerprint density at radius 1 is 1.22 bits per heavy atom. The van der Waals surface area contributed by atoms with Gasteiger partial charge in [0.1, 0.15) is 13.1 Å². The normalized spacial score (nSPS) is 9.83. The maximum absolute atomic E-state index is 12.1. The molecule has 0 saturated heterocycles. The number of halogens is 1. The summed E-state index contributed by atoms with van der Waals surface area (Å²) >= 11 is 1.97. The summed E-state index contributed by atoms with van der Waals surface area (Å²) < 4.78 is 0.681. The Balaban J connectivity index is 2.98. The first-order valence-electron chi connectivity index (χ1n) is 4.95. The highest BCUT2D eigenvalue weighted by molar-refractivity contribution is 14.1. The largest absolute Gasteiger partial charge is 0.480 e. The third kappa shape index (κ3) is 3.99. The molecule has 0 atom stereocenters. The lowest BCUT2D eigenvalue weighted by Crippen LogP contribution is -2.41. The summed E-state index contributed by atoms with van der Waals surface area (Å²) in [6.07, 6.45) is 0. The van der Waals surface area contributed by atoms with Crippen molar-refractivity contribution in [1.82, 2.24) is 4.90 Å². The number of carboxylic acids is 1. The van der Waals surface area contributed by atoms with Crippen LogP contribution in [0.15, 0.2) is 24.3 Å². The van der Waals surface area contributed by atoms with Crippen molar-refractivity contribution < 1.29 is 19.5 Å². The molecule has 1 aromatic rings. The maximum Gasteiger partial charge on any atom is 0.323 e. The minimum absolute atomic E-state index is 0.348. The Morgan fingerprint density at radius 3 is 2.33 bits per heavy atom. The number of hydrogen-bond donors (Lipinski definition) is 2. The molecule has 0 saturated carbocycles. The second-order valence-electron chi connectivity index (χ2n) is 3.50. The van der Waals surface area contributed by atoms with Crippen molar-refractivity contribution >= 4 is 40.4 Å². The van der Waals surface area contributed by atoms with Gasteiger partial charge in [0.15, 0.2) is 0 Å². The van der Waals surface area contributed by atoms with E-state index in [1.54, 1.807) is 24.3 Å². The first-order chi connectivity index (χ1) is 8.41. The van der Waals surface area contributed by atoms with Crippen LogP contribution in [0.2, 0.25) is 0 Å². The summed E-state index contributed by atoms with van der Waals surface area (Å²) in [7, 11) is 0. The third-order valence-corrected chi connectivity index (χ3v) is 3.00. The van der Waals surface area contributed by atoms with Crippen LogP contribution in [-0.2, 0) is 9.59 Å². The number of nitrogens with two attached hydrogens (primary N) is 1. The first-order valence-corrected chi connectivity index (χ1v) is 6.03. The summed E-state index contributed by atoms with van der Waals surface area (Å²) in [6, 6.07) is 6.71. The zero-order valence-electron chi connectivity index (χ0n) is 9.30. The van der Waals surface area contributed by atoms with Gasteiger partial charge in [-0.2, -0.15) is 0 Å². The molecule has 18 heavy (non-hydrogen) atoms. The van der Waals surface area contributed by atoms with E-state index >= 15 is 0 Å². The second kappa shape index (κ2) is 6.34. The average molecular weight is 362 g/mol. The van der Waals surface area contributed by atoms with Gasteiger partial charge in [0, 0.05) is 3.57 Å². The van der Waals surface area contributed by atoms with Crippen molar-refractivity contribution in [2.45, 2.75) is 0 Å². The van der Waals surface area contributed by atoms with Crippen molar-refractivity contribution in [1.29, 1.82) is 0 Å². The molecule has 0 unspecified atom stereocenters. The van der Waals surface area contributed by atoms with E-state index in [2.05, 4.69) is 0 Å². The number of primary amides is 1. The molecule has 6 nitrogen and oxygen atoms in total. The summed E-state index contributed by atoms with van der Waals surface area (Å²) in [5.74, 6) is -2.48. The topological polar surface area (TPSA) is 101 Å². The summed E-state index contributed by atoms with van der Waals surface area (Å²) in [5.41, 5.74) is 5.34. The van der Waals surface area contributed by atoms with Crippen molar-refractivity contribution in [2.24, 2.45) is 5.73 Å². The molecule has 3 N–H and O–H groups in total. The predicted octanol–water partition coefficient (Wildman–Crippen LogP) is 0.303. The van der Waals surface area contributed by atoms with Crippen molar-refractivity contribution in [2.75, 3.05) is 13.1 Å². The smallest absolute Gasteiger partial charge is 0.323 e. The van der Waals surface area contributed by atoms with Gasteiger partial charge in [-0.25, -0.2) is 0 Å². The Labute approximate surface area is 117 Å². The van der Waals surface area contributed by atoms with Crippen LogP contribution < -0.4 is 5.73 Å². The summed E-state index contributed by atoms with van der Waals surface area (Å²) in [5, 5.41) is 8.71. The van der Waals surface area contributed by atoms with Crippen molar-refractivity contribution in [3.63, 3.8) is 0 Å². The van der Waals surface area contributed by atoms with E-state index < -0.39 is 30.9 Å². The SMILES string of the molecule is NC(=O)CN(CC(=O)O)C(=O)c1ccccc1I. The zero-order valence-corrected chi connectivity index (χ0v) is 11.5. The number of amides is 2. The lowest BCUT2D eigenvalue weighted by atomic mass is 10.2. The molecule has 0 spiro atoms. The first kappa shape index (κ1) is 14.4. The number of aliphatic carboxylic acids is 1. The molecule has 0 fully saturated rings. The molecule has 0 radical (unpaired) electrons. The minimum atomic E-state index is -1.20. The lowest BCUT2D eigenvalue weighted by molar-refractivity contribution is -0.138. The summed E-state index contributed by atoms with van der Waals surface area (Å²) in [6.45, 7) is -0.983. The van der Waals surface area contributed by atoms with Crippen LogP contribution >= 0.6 is 22.6 Å². The molecular weight excluding hydrogens is 351 g/mol. The second-order valence-corrected chi connectivity index (χ2v) is 4.66. The van der Waals surface area contributed by atoms with E-state index in [0.29, 0.717) is 9.13 Å². The van der Waals surface area contributed by atoms with Gasteiger partial charge in [0.05, 0.1) is 5.56 Å². The minimum Gasteiger partial charge on any atom is -0.480 e. The molecule has 1 rings (SSSR count). The fourth-order valence-electron chi connectivity index (χ4n) is 1.36. The van der Waals surface area contributed by atoms with E-state index in [-0.39, 0.29) is 0 Å². The highest BCUT2D eigenvalue weighted by Crippen LogP contribution is 2.13. The van der Waals surface area contributed by atoms with E-state index in [0.717, 1.165) is 4.90 Å². The van der Waals surface area contributed by atoms with E-state index in [1.807, 2.05) is 22.6 Å². The van der Waals surface area contributed by atoms with Gasteiger partial charge in [-0.15, -0.1) is 0 Å². The van der Waals surface area contributed by atoms with Gasteiger partial charge in [-0.05, 0) is 34.7 Å². The fourth-order valence-corrected chi connectivity index (χ4v) is 1.97. The van der Waals surface area contributed by atoms with Gasteiger partial charge in [-0.3, -0.25) is 14.4 Å². The average Bonchev–Trinajstić information content (AvgIpc) is 2.26. The molecule has 2 amide bonds. The quantitative estimate of drug-likeness (QED) is 0.736. The number of benzene rings is 1. The van der Waals surface area contributed by atoms with Crippen LogP contribution in [0.5, 0.6) is 0 Å². The maximum atomic E-state index is 12.1. The monoisotopic (exact) mass is 362 g/mol. The molecule has 0 heterocycles. The fraction of sp³-hybridized carbons (Fsp3) is 0.182. The predicted molar refractivity (Wildman–Crippen MR) is 71.9 cm³/mol. The molecule has 0 aromatic heterocycles. The van der Waals surface area contributed by atoms with Gasteiger partial charge in [0.25, 0.3) is 5.91 Å². The van der Waals surface area contributed by atoms with Crippen LogP contribution in [-0.4, -0.2) is 40.9 Å². The third-order valence-electron chi connectivity index (χ3n) is 2.06.